The van der Waals surface area contributed by atoms with Crippen LogP contribution in [0.15, 0.2) is 82.6 Å². The van der Waals surface area contributed by atoms with Crippen molar-refractivity contribution in [2.75, 3.05) is 10.2 Å². The molecule has 2 unspecified atom stereocenters. The monoisotopic (exact) mass is 577 g/mol. The molecule has 1 aromatic heterocycles. The predicted octanol–water partition coefficient (Wildman–Crippen LogP) is 4.93. The first kappa shape index (κ1) is 26.1. The van der Waals surface area contributed by atoms with E-state index in [2.05, 4.69) is 5.32 Å². The van der Waals surface area contributed by atoms with Crippen LogP contribution in [0.25, 0.3) is 0 Å². The van der Waals surface area contributed by atoms with Gasteiger partial charge in [0.15, 0.2) is 0 Å². The zero-order chi connectivity index (χ0) is 28.1. The zero-order valence-corrected chi connectivity index (χ0v) is 22.6. The van der Waals surface area contributed by atoms with Gasteiger partial charge >= 0.3 is 4.87 Å². The highest BCUT2D eigenvalue weighted by Crippen LogP contribution is 2.53. The highest BCUT2D eigenvalue weighted by molar-refractivity contribution is 8.00. The van der Waals surface area contributed by atoms with Crippen LogP contribution in [0.5, 0.6) is 0 Å². The van der Waals surface area contributed by atoms with Crippen LogP contribution in [-0.2, 0) is 20.9 Å². The fourth-order valence-electron chi connectivity index (χ4n) is 5.18. The van der Waals surface area contributed by atoms with Crippen molar-refractivity contribution in [3.63, 3.8) is 0 Å². The Morgan fingerprint density at radius 1 is 0.900 bits per heavy atom. The lowest BCUT2D eigenvalue weighted by Crippen LogP contribution is -2.33. The Balaban J connectivity index is 1.41. The summed E-state index contributed by atoms with van der Waals surface area (Å²) in [7, 11) is 0. The highest BCUT2D eigenvalue weighted by Gasteiger charge is 2.56. The van der Waals surface area contributed by atoms with Gasteiger partial charge in [0.25, 0.3) is 0 Å². The van der Waals surface area contributed by atoms with E-state index in [1.54, 1.807) is 12.1 Å². The average Bonchev–Trinajstić information content (AvgIpc) is 3.37. The fraction of sp³-hybridized carbons (Fsp3) is 0.172. The van der Waals surface area contributed by atoms with Crippen molar-refractivity contribution in [3.8, 4) is 0 Å². The molecule has 2 aliphatic heterocycles. The molecule has 0 bridgehead atoms. The van der Waals surface area contributed by atoms with Crippen LogP contribution >= 0.6 is 23.1 Å². The van der Waals surface area contributed by atoms with Gasteiger partial charge in [0.05, 0.1) is 16.6 Å². The number of imide groups is 1. The van der Waals surface area contributed by atoms with E-state index in [1.807, 2.05) is 19.1 Å². The third-order valence-electron chi connectivity index (χ3n) is 7.08. The van der Waals surface area contributed by atoms with Gasteiger partial charge in [-0.15, -0.1) is 0 Å². The smallest absolute Gasteiger partial charge is 0.308 e. The number of fused-ring (bicyclic) bond motifs is 2. The van der Waals surface area contributed by atoms with Crippen molar-refractivity contribution in [1.29, 1.82) is 0 Å². The van der Waals surface area contributed by atoms with E-state index in [1.165, 1.54) is 53.1 Å². The van der Waals surface area contributed by atoms with Gasteiger partial charge in [-0.2, -0.15) is 0 Å². The van der Waals surface area contributed by atoms with Gasteiger partial charge < -0.3 is 5.32 Å². The molecule has 6 rings (SSSR count). The third kappa shape index (κ3) is 4.44. The number of benzene rings is 3. The number of thiazole rings is 1. The Morgan fingerprint density at radius 3 is 2.23 bits per heavy atom. The summed E-state index contributed by atoms with van der Waals surface area (Å²) in [6, 6.07) is 17.9. The van der Waals surface area contributed by atoms with Crippen LogP contribution in [0, 0.1) is 24.5 Å². The number of carbonyl (C=O) groups excluding carboxylic acids is 3. The minimum Gasteiger partial charge on any atom is -0.324 e. The average molecular weight is 578 g/mol. The van der Waals surface area contributed by atoms with Crippen LogP contribution in [0.1, 0.15) is 21.9 Å². The zero-order valence-electron chi connectivity index (χ0n) is 21.0. The van der Waals surface area contributed by atoms with Gasteiger partial charge in [-0.1, -0.05) is 53.4 Å². The molecule has 202 valence electrons. The van der Waals surface area contributed by atoms with Crippen molar-refractivity contribution in [3.05, 3.63) is 110 Å². The quantitative estimate of drug-likeness (QED) is 0.340. The molecule has 0 aliphatic carbocycles. The molecule has 3 amide bonds. The van der Waals surface area contributed by atoms with Crippen LogP contribution in [-0.4, -0.2) is 27.5 Å². The molecule has 0 spiro atoms. The van der Waals surface area contributed by atoms with Crippen LogP contribution in [0.4, 0.5) is 20.2 Å². The first-order chi connectivity index (χ1) is 19.2. The second-order valence-electron chi connectivity index (χ2n) is 9.57. The van der Waals surface area contributed by atoms with Crippen molar-refractivity contribution in [2.45, 2.75) is 29.7 Å². The van der Waals surface area contributed by atoms with Gasteiger partial charge in [0, 0.05) is 16.5 Å². The lowest BCUT2D eigenvalue weighted by Gasteiger charge is -2.30. The van der Waals surface area contributed by atoms with Crippen molar-refractivity contribution in [1.82, 2.24) is 4.57 Å². The van der Waals surface area contributed by atoms with Gasteiger partial charge in [0.1, 0.15) is 23.4 Å². The molecule has 4 aromatic rings. The Bertz CT molecular complexity index is 1720. The normalized spacial score (nSPS) is 19.9. The van der Waals surface area contributed by atoms with Crippen LogP contribution < -0.4 is 15.1 Å². The Hall–Kier alpha value is -4.09. The molecule has 2 aliphatic rings. The van der Waals surface area contributed by atoms with E-state index in [0.29, 0.717) is 21.2 Å². The summed E-state index contributed by atoms with van der Waals surface area (Å²) in [5.74, 6) is -3.98. The minimum absolute atomic E-state index is 0.239. The Morgan fingerprint density at radius 2 is 1.55 bits per heavy atom. The number of nitrogens with zero attached hydrogens (tertiary/aromatic N) is 2. The van der Waals surface area contributed by atoms with Crippen LogP contribution in [0.2, 0.25) is 0 Å². The molecule has 3 aromatic carbocycles. The molecular weight excluding hydrogens is 556 g/mol. The van der Waals surface area contributed by atoms with Gasteiger partial charge in [0.2, 0.25) is 17.7 Å². The number of para-hydroxylation sites is 1. The molecule has 0 saturated carbocycles. The topological polar surface area (TPSA) is 88.5 Å². The maximum Gasteiger partial charge on any atom is 0.308 e. The summed E-state index contributed by atoms with van der Waals surface area (Å²) in [5.41, 5.74) is 2.29. The first-order valence-electron chi connectivity index (χ1n) is 12.4. The minimum atomic E-state index is -0.903. The second kappa shape index (κ2) is 10.1. The number of carbonyl (C=O) groups is 3. The molecule has 1 saturated heterocycles. The molecule has 1 fully saturated rings. The standard InChI is InChI=1S/C29H21F2N3O4S2/c1-15-4-2-3-5-20(15)32-21(35)14-33-28-25(40-29(33)38)22(16-6-8-17(30)9-7-16)23-24(39-28)27(37)34(26(23)36)19-12-10-18(31)11-13-19/h2-13,22-24H,14H2,1H3,(H,32,35)/t22-,23?,24?/m1/s1. The van der Waals surface area contributed by atoms with Crippen molar-refractivity contribution < 1.29 is 23.2 Å². The Kier molecular flexibility index (Phi) is 6.63. The lowest BCUT2D eigenvalue weighted by atomic mass is 9.83. The van der Waals surface area contributed by atoms with E-state index >= 15 is 0 Å². The highest BCUT2D eigenvalue weighted by atomic mass is 32.2. The summed E-state index contributed by atoms with van der Waals surface area (Å²) in [5, 5.41) is 2.34. The first-order valence-corrected chi connectivity index (χ1v) is 14.1. The maximum absolute atomic E-state index is 13.8. The lowest BCUT2D eigenvalue weighted by molar-refractivity contribution is -0.122. The fourth-order valence-corrected chi connectivity index (χ4v) is 7.95. The van der Waals surface area contributed by atoms with Gasteiger partial charge in [-0.3, -0.25) is 23.7 Å². The summed E-state index contributed by atoms with van der Waals surface area (Å²) < 4.78 is 28.7. The third-order valence-corrected chi connectivity index (χ3v) is 9.69. The number of aryl methyl sites for hydroxylation is 1. The van der Waals surface area contributed by atoms with E-state index in [9.17, 15) is 28.0 Å². The largest absolute Gasteiger partial charge is 0.324 e. The maximum atomic E-state index is 13.8. The van der Waals surface area contributed by atoms with E-state index in [4.69, 9.17) is 0 Å². The number of amides is 3. The molecule has 11 heteroatoms. The number of hydrogen-bond acceptors (Lipinski definition) is 6. The number of hydrogen-bond donors (Lipinski definition) is 1. The summed E-state index contributed by atoms with van der Waals surface area (Å²) in [6.45, 7) is 1.57. The Labute approximate surface area is 235 Å². The second-order valence-corrected chi connectivity index (χ2v) is 11.7. The van der Waals surface area contributed by atoms with Crippen LogP contribution in [0.3, 0.4) is 0 Å². The molecule has 1 N–H and O–H groups in total. The number of nitrogens with one attached hydrogen (secondary N) is 1. The summed E-state index contributed by atoms with van der Waals surface area (Å²) in [6.07, 6.45) is 0. The summed E-state index contributed by atoms with van der Waals surface area (Å²) in [4.78, 5) is 54.8. The molecule has 3 heterocycles. The predicted molar refractivity (Wildman–Crippen MR) is 149 cm³/mol. The van der Waals surface area contributed by atoms with E-state index in [-0.39, 0.29) is 12.2 Å². The van der Waals surface area contributed by atoms with Crippen molar-refractivity contribution in [2.24, 2.45) is 5.92 Å². The molecule has 3 atom stereocenters. The van der Waals surface area contributed by atoms with Crippen molar-refractivity contribution >= 4 is 52.2 Å². The number of aromatic nitrogens is 1. The SMILES string of the molecule is Cc1ccccc1NC(=O)Cn1c2c(sc1=O)[C@H](c1ccc(F)cc1)C1C(=O)N(c3ccc(F)cc3)C(=O)C1S2. The number of thioether (sulfide) groups is 1. The van der Waals surface area contributed by atoms with Gasteiger partial charge in [-0.25, -0.2) is 13.7 Å². The number of rotatable bonds is 5. The number of anilines is 2. The summed E-state index contributed by atoms with van der Waals surface area (Å²) >= 11 is 1.98. The number of halogens is 2. The van der Waals surface area contributed by atoms with E-state index < -0.39 is 51.3 Å². The molecule has 7 nitrogen and oxygen atoms in total. The van der Waals surface area contributed by atoms with Gasteiger partial charge in [-0.05, 0) is 60.5 Å². The molecular formula is C29H21F2N3O4S2. The molecule has 40 heavy (non-hydrogen) atoms. The van der Waals surface area contributed by atoms with E-state index in [0.717, 1.165) is 33.6 Å². The molecule has 0 radical (unpaired) electrons.